The summed E-state index contributed by atoms with van der Waals surface area (Å²) in [6.07, 6.45) is 1.73. The van der Waals surface area contributed by atoms with Gasteiger partial charge in [0.15, 0.2) is 15.6 Å². The number of aromatic amines is 1. The molecule has 0 spiro atoms. The number of carbonyl (C=O) groups is 1. The number of sulfone groups is 1. The number of carbonyl (C=O) groups excluding carboxylic acids is 1. The van der Waals surface area contributed by atoms with E-state index in [-0.39, 0.29) is 23.7 Å². The van der Waals surface area contributed by atoms with Crippen LogP contribution in [0, 0.1) is 0 Å². The fourth-order valence-corrected chi connectivity index (χ4v) is 3.77. The van der Waals surface area contributed by atoms with Crippen LogP contribution in [0.25, 0.3) is 22.4 Å². The molecular weight excluding hydrogens is 444 g/mol. The van der Waals surface area contributed by atoms with E-state index >= 15 is 0 Å². The molecule has 0 amide bonds. The van der Waals surface area contributed by atoms with Crippen LogP contribution in [0.5, 0.6) is 0 Å². The molecular formula is C20H19BrN2O4S. The standard InChI is InChI=1S/C20H19BrN2O4S/c1-28(26,27)16-10-6-14(7-11-16)19-18(13-4-8-15(21)9-5-13)20(23-22-19)17(25)3-2-12-24/h4-11,24H,2-3,12H2,1H3,(H,22,23). The van der Waals surface area contributed by atoms with Crippen molar-refractivity contribution in [2.24, 2.45) is 0 Å². The van der Waals surface area contributed by atoms with Gasteiger partial charge in [-0.3, -0.25) is 9.89 Å². The fourth-order valence-electron chi connectivity index (χ4n) is 2.87. The molecule has 2 aromatic carbocycles. The van der Waals surface area contributed by atoms with Crippen molar-refractivity contribution in [1.29, 1.82) is 0 Å². The lowest BCUT2D eigenvalue weighted by Gasteiger charge is -2.07. The Hall–Kier alpha value is -2.29. The highest BCUT2D eigenvalue weighted by atomic mass is 79.9. The predicted octanol–water partition coefficient (Wildman–Crippen LogP) is 3.86. The first-order chi connectivity index (χ1) is 13.3. The van der Waals surface area contributed by atoms with Crippen molar-refractivity contribution in [3.63, 3.8) is 0 Å². The van der Waals surface area contributed by atoms with Crippen molar-refractivity contribution in [3.8, 4) is 22.4 Å². The Morgan fingerprint density at radius 2 is 1.68 bits per heavy atom. The Labute approximate surface area is 171 Å². The van der Waals surface area contributed by atoms with Crippen LogP contribution in [0.4, 0.5) is 0 Å². The molecule has 0 aliphatic rings. The van der Waals surface area contributed by atoms with Gasteiger partial charge in [-0.1, -0.05) is 40.2 Å². The van der Waals surface area contributed by atoms with Crippen LogP contribution in [-0.2, 0) is 9.84 Å². The molecule has 8 heteroatoms. The lowest BCUT2D eigenvalue weighted by molar-refractivity contribution is 0.0967. The summed E-state index contributed by atoms with van der Waals surface area (Å²) in [4.78, 5) is 12.8. The number of aromatic nitrogens is 2. The Balaban J connectivity index is 2.12. The number of nitrogens with zero attached hydrogens (tertiary/aromatic N) is 1. The number of rotatable bonds is 7. The zero-order chi connectivity index (χ0) is 20.3. The van der Waals surface area contributed by atoms with Crippen LogP contribution in [0.1, 0.15) is 23.3 Å². The van der Waals surface area contributed by atoms with E-state index in [1.807, 2.05) is 24.3 Å². The number of Topliss-reactive ketones (excluding diaryl/α,β-unsaturated/α-hetero) is 1. The fraction of sp³-hybridized carbons (Fsp3) is 0.200. The predicted molar refractivity (Wildman–Crippen MR) is 111 cm³/mol. The zero-order valence-corrected chi connectivity index (χ0v) is 17.5. The van der Waals surface area contributed by atoms with Gasteiger partial charge in [0.25, 0.3) is 0 Å². The van der Waals surface area contributed by atoms with E-state index in [1.54, 1.807) is 12.1 Å². The molecule has 0 atom stereocenters. The number of aliphatic hydroxyl groups is 1. The molecule has 0 unspecified atom stereocenters. The van der Waals surface area contributed by atoms with E-state index in [4.69, 9.17) is 5.11 Å². The number of hydrogen-bond donors (Lipinski definition) is 2. The SMILES string of the molecule is CS(=O)(=O)c1ccc(-c2n[nH]c(C(=O)CCCO)c2-c2ccc(Br)cc2)cc1. The van der Waals surface area contributed by atoms with Gasteiger partial charge in [-0.25, -0.2) is 8.42 Å². The van der Waals surface area contributed by atoms with Crippen molar-refractivity contribution in [2.75, 3.05) is 12.9 Å². The summed E-state index contributed by atoms with van der Waals surface area (Å²) in [6, 6.07) is 13.9. The second-order valence-electron chi connectivity index (χ2n) is 6.38. The molecule has 0 bridgehead atoms. The highest BCUT2D eigenvalue weighted by Gasteiger charge is 2.21. The number of nitrogens with one attached hydrogen (secondary N) is 1. The summed E-state index contributed by atoms with van der Waals surface area (Å²) in [7, 11) is -3.30. The van der Waals surface area contributed by atoms with Gasteiger partial charge in [0.05, 0.1) is 4.90 Å². The van der Waals surface area contributed by atoms with E-state index in [2.05, 4.69) is 26.1 Å². The molecule has 0 fully saturated rings. The molecule has 28 heavy (non-hydrogen) atoms. The minimum Gasteiger partial charge on any atom is -0.396 e. The number of aliphatic hydroxyl groups excluding tert-OH is 1. The number of benzene rings is 2. The van der Waals surface area contributed by atoms with Crippen LogP contribution in [0.15, 0.2) is 57.9 Å². The maximum atomic E-state index is 12.6. The first-order valence-corrected chi connectivity index (χ1v) is 11.3. The maximum absolute atomic E-state index is 12.6. The highest BCUT2D eigenvalue weighted by molar-refractivity contribution is 9.10. The molecule has 146 valence electrons. The van der Waals surface area contributed by atoms with Crippen LogP contribution in [0.3, 0.4) is 0 Å². The monoisotopic (exact) mass is 462 g/mol. The minimum atomic E-state index is -3.30. The third kappa shape index (κ3) is 4.40. The molecule has 0 saturated carbocycles. The lowest BCUT2D eigenvalue weighted by Crippen LogP contribution is -2.03. The van der Waals surface area contributed by atoms with Crippen molar-refractivity contribution in [3.05, 3.63) is 58.7 Å². The summed E-state index contributed by atoms with van der Waals surface area (Å²) in [5.41, 5.74) is 3.10. The highest BCUT2D eigenvalue weighted by Crippen LogP contribution is 2.35. The van der Waals surface area contributed by atoms with Gasteiger partial charge in [-0.15, -0.1) is 0 Å². The summed E-state index contributed by atoms with van der Waals surface area (Å²) in [5.74, 6) is -0.140. The maximum Gasteiger partial charge on any atom is 0.181 e. The Bertz CT molecular complexity index is 1090. The average molecular weight is 463 g/mol. The average Bonchev–Trinajstić information content (AvgIpc) is 3.11. The molecule has 0 aliphatic carbocycles. The van der Waals surface area contributed by atoms with E-state index in [0.717, 1.165) is 16.3 Å². The molecule has 1 heterocycles. The Kier molecular flexibility index (Phi) is 6.12. The minimum absolute atomic E-state index is 0.0622. The van der Waals surface area contributed by atoms with Crippen LogP contribution < -0.4 is 0 Å². The van der Waals surface area contributed by atoms with Crippen molar-refractivity contribution < 1.29 is 18.3 Å². The quantitative estimate of drug-likeness (QED) is 0.519. The topological polar surface area (TPSA) is 100 Å². The van der Waals surface area contributed by atoms with Crippen LogP contribution >= 0.6 is 15.9 Å². The molecule has 0 saturated heterocycles. The van der Waals surface area contributed by atoms with Gasteiger partial charge < -0.3 is 5.11 Å². The van der Waals surface area contributed by atoms with Gasteiger partial charge in [-0.05, 0) is 36.2 Å². The molecule has 3 rings (SSSR count). The number of ketones is 1. The third-order valence-corrected chi connectivity index (χ3v) is 5.95. The summed E-state index contributed by atoms with van der Waals surface area (Å²) < 4.78 is 24.3. The molecule has 0 radical (unpaired) electrons. The van der Waals surface area contributed by atoms with Gasteiger partial charge in [0.1, 0.15) is 11.4 Å². The molecule has 3 aromatic rings. The second-order valence-corrected chi connectivity index (χ2v) is 9.31. The third-order valence-electron chi connectivity index (χ3n) is 4.30. The van der Waals surface area contributed by atoms with Gasteiger partial charge in [0, 0.05) is 34.9 Å². The van der Waals surface area contributed by atoms with Gasteiger partial charge >= 0.3 is 0 Å². The number of halogens is 1. The summed E-state index contributed by atoms with van der Waals surface area (Å²) in [6.45, 7) is -0.0622. The van der Waals surface area contributed by atoms with Crippen LogP contribution in [-0.4, -0.2) is 42.4 Å². The Morgan fingerprint density at radius 1 is 1.07 bits per heavy atom. The normalized spacial score (nSPS) is 11.5. The molecule has 2 N–H and O–H groups in total. The summed E-state index contributed by atoms with van der Waals surface area (Å²) in [5, 5.41) is 16.2. The molecule has 0 aliphatic heterocycles. The van der Waals surface area contributed by atoms with Gasteiger partial charge in [0.2, 0.25) is 0 Å². The Morgan fingerprint density at radius 3 is 2.25 bits per heavy atom. The lowest BCUT2D eigenvalue weighted by atomic mass is 9.96. The van der Waals surface area contributed by atoms with E-state index in [9.17, 15) is 13.2 Å². The van der Waals surface area contributed by atoms with Crippen molar-refractivity contribution in [2.45, 2.75) is 17.7 Å². The van der Waals surface area contributed by atoms with Crippen LogP contribution in [0.2, 0.25) is 0 Å². The van der Waals surface area contributed by atoms with Gasteiger partial charge in [-0.2, -0.15) is 5.10 Å². The van der Waals surface area contributed by atoms with Crippen molar-refractivity contribution >= 4 is 31.6 Å². The molecule has 1 aromatic heterocycles. The van der Waals surface area contributed by atoms with E-state index < -0.39 is 9.84 Å². The van der Waals surface area contributed by atoms with Crippen molar-refractivity contribution in [1.82, 2.24) is 10.2 Å². The number of hydrogen-bond acceptors (Lipinski definition) is 5. The first kappa shape index (κ1) is 20.4. The zero-order valence-electron chi connectivity index (χ0n) is 15.1. The number of H-pyrrole nitrogens is 1. The molecule has 6 nitrogen and oxygen atoms in total. The second kappa shape index (κ2) is 8.38. The smallest absolute Gasteiger partial charge is 0.181 e. The van der Waals surface area contributed by atoms with E-state index in [0.29, 0.717) is 28.9 Å². The largest absolute Gasteiger partial charge is 0.396 e. The van der Waals surface area contributed by atoms with E-state index in [1.165, 1.54) is 12.1 Å². The summed E-state index contributed by atoms with van der Waals surface area (Å²) >= 11 is 3.41. The first-order valence-electron chi connectivity index (χ1n) is 8.60.